The number of ketones is 1. The number of ether oxygens (including phenoxy) is 1. The number of Topliss-reactive ketones (excluding diaryl/α,β-unsaturated/α-hetero) is 1. The molecule has 0 unspecified atom stereocenters. The van der Waals surface area contributed by atoms with Gasteiger partial charge in [0, 0.05) is 10.3 Å². The predicted molar refractivity (Wildman–Crippen MR) is 92.7 cm³/mol. The van der Waals surface area contributed by atoms with Gasteiger partial charge in [0.25, 0.3) is 0 Å². The molecule has 2 aliphatic heterocycles. The van der Waals surface area contributed by atoms with Crippen molar-refractivity contribution in [2.75, 3.05) is 7.11 Å². The van der Waals surface area contributed by atoms with Crippen LogP contribution in [0.1, 0.15) is 34.6 Å². The number of β-lactam (4-membered cyclic amide) rings is 1. The van der Waals surface area contributed by atoms with Crippen LogP contribution in [0.25, 0.3) is 0 Å². The Labute approximate surface area is 208 Å². The third kappa shape index (κ3) is 3.83. The maximum atomic E-state index is 12.6. The number of hydrogen-bond acceptors (Lipinski definition) is 8. The zero-order chi connectivity index (χ0) is 20.1. The second-order valence-corrected chi connectivity index (χ2v) is 8.75. The van der Waals surface area contributed by atoms with Crippen LogP contribution in [0.15, 0.2) is 24.3 Å². The molecule has 28 heavy (non-hydrogen) atoms. The molecule has 8 nitrogen and oxygen atoms in total. The van der Waals surface area contributed by atoms with Crippen molar-refractivity contribution < 1.29 is 85.5 Å². The largest absolute Gasteiger partial charge is 1.00 e. The molecular weight excluding hydrogens is 413 g/mol. The Morgan fingerprint density at radius 3 is 2.25 bits per heavy atom. The van der Waals surface area contributed by atoms with Crippen molar-refractivity contribution in [2.24, 2.45) is 5.92 Å². The SMILES string of the molecule is COC(=O)c1ccc(C(=O)[C@@H](O)[C@@H]2C(=O)N3[C@@H]2SC(C)(C)[C@@H]3C(=O)[O-])cc1.[K+]. The normalized spacial score (nSPS) is 25.8. The number of benzene rings is 1. The molecule has 1 aromatic carbocycles. The van der Waals surface area contributed by atoms with Gasteiger partial charge in [-0.05, 0) is 26.0 Å². The van der Waals surface area contributed by atoms with Gasteiger partial charge >= 0.3 is 57.4 Å². The second-order valence-electron chi connectivity index (χ2n) is 6.98. The van der Waals surface area contributed by atoms with E-state index in [-0.39, 0.29) is 62.5 Å². The summed E-state index contributed by atoms with van der Waals surface area (Å²) in [6.45, 7) is 3.36. The fourth-order valence-electron chi connectivity index (χ4n) is 3.54. The number of fused-ring (bicyclic) bond motifs is 1. The zero-order valence-corrected chi connectivity index (χ0v) is 19.8. The summed E-state index contributed by atoms with van der Waals surface area (Å²) in [6.07, 6.45) is -1.61. The van der Waals surface area contributed by atoms with Crippen LogP contribution in [0, 0.1) is 5.92 Å². The van der Waals surface area contributed by atoms with E-state index in [1.807, 2.05) is 0 Å². The molecule has 2 heterocycles. The third-order valence-corrected chi connectivity index (χ3v) is 6.50. The number of aliphatic carboxylic acids is 1. The van der Waals surface area contributed by atoms with Gasteiger partial charge in [-0.15, -0.1) is 11.8 Å². The topological polar surface area (TPSA) is 124 Å². The molecule has 0 aliphatic carbocycles. The Balaban J connectivity index is 0.00000280. The van der Waals surface area contributed by atoms with Crippen LogP contribution < -0.4 is 56.5 Å². The van der Waals surface area contributed by atoms with Crippen molar-refractivity contribution in [3.05, 3.63) is 35.4 Å². The van der Waals surface area contributed by atoms with Gasteiger partial charge in [-0.1, -0.05) is 12.1 Å². The second kappa shape index (κ2) is 8.54. The average Bonchev–Trinajstić information content (AvgIpc) is 2.88. The van der Waals surface area contributed by atoms with E-state index >= 15 is 0 Å². The molecule has 10 heteroatoms. The smallest absolute Gasteiger partial charge is 0.548 e. The van der Waals surface area contributed by atoms with Gasteiger partial charge in [0.15, 0.2) is 5.78 Å². The van der Waals surface area contributed by atoms with Gasteiger partial charge in [0.2, 0.25) is 5.91 Å². The summed E-state index contributed by atoms with van der Waals surface area (Å²) < 4.78 is 3.79. The standard InChI is InChI=1S/C18H19NO7S.K/c1-18(2)13(16(23)24)19-14(22)10(15(19)27-18)12(21)11(20)8-4-6-9(7-5-8)17(25)26-3;/h4-7,10,12-13,15,21H,1-3H3,(H,23,24);/q;+1/p-1/t10-,12+,13+,15-;/m1./s1. The first-order valence-corrected chi connectivity index (χ1v) is 9.09. The maximum Gasteiger partial charge on any atom is 1.00 e. The van der Waals surface area contributed by atoms with Crippen molar-refractivity contribution in [3.8, 4) is 0 Å². The first-order valence-electron chi connectivity index (χ1n) is 8.21. The molecule has 2 fully saturated rings. The molecule has 1 aromatic rings. The minimum Gasteiger partial charge on any atom is -0.548 e. The Bertz CT molecular complexity index is 826. The molecule has 4 atom stereocenters. The van der Waals surface area contributed by atoms with E-state index in [0.29, 0.717) is 0 Å². The molecule has 1 amide bonds. The molecule has 2 aliphatic rings. The molecule has 0 radical (unpaired) electrons. The summed E-state index contributed by atoms with van der Waals surface area (Å²) in [6, 6.07) is 4.40. The summed E-state index contributed by atoms with van der Waals surface area (Å²) in [7, 11) is 1.24. The predicted octanol–water partition coefficient (Wildman–Crippen LogP) is -3.55. The first kappa shape index (κ1) is 23.5. The minimum absolute atomic E-state index is 0. The van der Waals surface area contributed by atoms with E-state index < -0.39 is 51.8 Å². The van der Waals surface area contributed by atoms with E-state index in [9.17, 15) is 29.4 Å². The number of amides is 1. The molecule has 1 N–H and O–H groups in total. The van der Waals surface area contributed by atoms with Gasteiger partial charge in [0.05, 0.1) is 30.1 Å². The van der Waals surface area contributed by atoms with Crippen LogP contribution in [0.5, 0.6) is 0 Å². The van der Waals surface area contributed by atoms with Gasteiger partial charge in [0.1, 0.15) is 12.0 Å². The number of nitrogens with zero attached hydrogens (tertiary/aromatic N) is 1. The molecule has 0 aromatic heterocycles. The Hall–Kier alpha value is -0.754. The van der Waals surface area contributed by atoms with Crippen molar-refractivity contribution >= 4 is 35.4 Å². The number of aliphatic hydroxyl groups is 1. The van der Waals surface area contributed by atoms with E-state index in [2.05, 4.69) is 4.74 Å². The van der Waals surface area contributed by atoms with Crippen molar-refractivity contribution in [3.63, 3.8) is 0 Å². The fraction of sp³-hybridized carbons (Fsp3) is 0.444. The van der Waals surface area contributed by atoms with Crippen molar-refractivity contribution in [1.82, 2.24) is 4.90 Å². The number of esters is 1. The van der Waals surface area contributed by atoms with E-state index in [0.717, 1.165) is 0 Å². The summed E-state index contributed by atoms with van der Waals surface area (Å²) in [5.41, 5.74) is 0.388. The Kier molecular flexibility index (Phi) is 7.18. The van der Waals surface area contributed by atoms with Gasteiger partial charge in [-0.3, -0.25) is 9.59 Å². The van der Waals surface area contributed by atoms with E-state index in [1.165, 1.54) is 48.0 Å². The van der Waals surface area contributed by atoms with Gasteiger partial charge in [-0.25, -0.2) is 4.79 Å². The number of methoxy groups -OCH3 is 1. The van der Waals surface area contributed by atoms with Crippen LogP contribution in [0.4, 0.5) is 0 Å². The van der Waals surface area contributed by atoms with E-state index in [4.69, 9.17) is 0 Å². The monoisotopic (exact) mass is 431 g/mol. The van der Waals surface area contributed by atoms with Crippen LogP contribution in [0.2, 0.25) is 0 Å². The van der Waals surface area contributed by atoms with Crippen molar-refractivity contribution in [2.45, 2.75) is 36.1 Å². The summed E-state index contributed by atoms with van der Waals surface area (Å²) in [5.74, 6) is -4.19. The number of carbonyl (C=O) groups excluding carboxylic acids is 4. The first-order chi connectivity index (χ1) is 12.6. The molecular formula is C18H18KNO7S. The fourth-order valence-corrected chi connectivity index (χ4v) is 5.25. The zero-order valence-electron chi connectivity index (χ0n) is 15.9. The minimum atomic E-state index is -1.61. The number of rotatable bonds is 5. The maximum absolute atomic E-state index is 12.6. The van der Waals surface area contributed by atoms with Crippen LogP contribution in [0.3, 0.4) is 0 Å². The van der Waals surface area contributed by atoms with Crippen LogP contribution in [-0.4, -0.2) is 63.0 Å². The number of thioether (sulfide) groups is 1. The summed E-state index contributed by atoms with van der Waals surface area (Å²) in [5, 5.41) is 21.3. The number of carboxylic acids is 1. The molecule has 2 saturated heterocycles. The quantitative estimate of drug-likeness (QED) is 0.220. The third-order valence-electron chi connectivity index (χ3n) is 4.90. The summed E-state index contributed by atoms with van der Waals surface area (Å²) >= 11 is 1.23. The van der Waals surface area contributed by atoms with E-state index in [1.54, 1.807) is 13.8 Å². The number of hydrogen-bond donors (Lipinski definition) is 1. The van der Waals surface area contributed by atoms with Crippen molar-refractivity contribution in [1.29, 1.82) is 0 Å². The molecule has 0 spiro atoms. The number of aliphatic hydroxyl groups excluding tert-OH is 1. The summed E-state index contributed by atoms with van der Waals surface area (Å²) in [4.78, 5) is 49.0. The van der Waals surface area contributed by atoms with Gasteiger partial charge in [-0.2, -0.15) is 0 Å². The average molecular weight is 432 g/mol. The van der Waals surface area contributed by atoms with Crippen LogP contribution in [-0.2, 0) is 14.3 Å². The number of carboxylic acid groups (broad SMARTS) is 1. The van der Waals surface area contributed by atoms with Gasteiger partial charge < -0.3 is 24.6 Å². The Morgan fingerprint density at radius 2 is 1.75 bits per heavy atom. The molecule has 3 rings (SSSR count). The molecule has 144 valence electrons. The molecule has 0 bridgehead atoms. The molecule has 0 saturated carbocycles. The van der Waals surface area contributed by atoms with Crippen LogP contribution >= 0.6 is 11.8 Å². The number of carbonyl (C=O) groups is 4. The Morgan fingerprint density at radius 1 is 1.21 bits per heavy atom.